The molecule has 9 nitrogen and oxygen atoms in total. The van der Waals surface area contributed by atoms with Gasteiger partial charge in [-0.25, -0.2) is 14.4 Å². The van der Waals surface area contributed by atoms with Crippen molar-refractivity contribution in [2.45, 2.75) is 45.9 Å². The molecular weight excluding hydrogens is 294 g/mol. The van der Waals surface area contributed by atoms with Crippen LogP contribution in [0.25, 0.3) is 0 Å². The summed E-state index contributed by atoms with van der Waals surface area (Å²) < 4.78 is 6.10. The van der Waals surface area contributed by atoms with Gasteiger partial charge in [-0.05, 0) is 27.7 Å². The van der Waals surface area contributed by atoms with Crippen LogP contribution in [-0.2, 0) is 11.3 Å². The number of carbonyl (C=O) groups excluding carboxylic acids is 1. The standard InChI is InChI=1S/C13H19N3O6/c1-7(14-12(21)22-13(2,3)4)6-16-9(11(19)20)5-8(15-16)10(17)18/h5,7H,6H2,1-4H3,(H,14,21)(H,17,18)(H,19,20). The molecule has 0 saturated carbocycles. The number of ether oxygens (including phenoxy) is 1. The average molecular weight is 313 g/mol. The normalized spacial score (nSPS) is 12.5. The van der Waals surface area contributed by atoms with Crippen LogP contribution in [0.2, 0.25) is 0 Å². The van der Waals surface area contributed by atoms with E-state index in [-0.39, 0.29) is 17.9 Å². The number of nitrogens with zero attached hydrogens (tertiary/aromatic N) is 2. The SMILES string of the molecule is CC(Cn1nc(C(=O)O)cc1C(=O)O)NC(=O)OC(C)(C)C. The Balaban J connectivity index is 2.79. The number of rotatable bonds is 5. The van der Waals surface area contributed by atoms with Crippen molar-refractivity contribution >= 4 is 18.0 Å². The highest BCUT2D eigenvalue weighted by atomic mass is 16.6. The Labute approximate surface area is 126 Å². The number of amides is 1. The molecule has 0 radical (unpaired) electrons. The summed E-state index contributed by atoms with van der Waals surface area (Å²) in [5.41, 5.74) is -1.30. The third-order valence-corrected chi connectivity index (χ3v) is 2.43. The fourth-order valence-corrected chi connectivity index (χ4v) is 1.65. The average Bonchev–Trinajstić information content (AvgIpc) is 2.69. The van der Waals surface area contributed by atoms with Crippen LogP contribution in [0, 0.1) is 0 Å². The van der Waals surface area contributed by atoms with E-state index in [1.54, 1.807) is 27.7 Å². The molecule has 0 aromatic carbocycles. The molecule has 1 aromatic heterocycles. The molecule has 0 fully saturated rings. The lowest BCUT2D eigenvalue weighted by atomic mass is 10.2. The monoisotopic (exact) mass is 313 g/mol. The second-order valence-corrected chi connectivity index (χ2v) is 5.75. The number of aromatic nitrogens is 2. The summed E-state index contributed by atoms with van der Waals surface area (Å²) in [4.78, 5) is 33.6. The van der Waals surface area contributed by atoms with Crippen molar-refractivity contribution in [2.24, 2.45) is 0 Å². The minimum atomic E-state index is -1.32. The predicted molar refractivity (Wildman–Crippen MR) is 75.0 cm³/mol. The van der Waals surface area contributed by atoms with Gasteiger partial charge >= 0.3 is 18.0 Å². The number of hydrogen-bond acceptors (Lipinski definition) is 5. The Morgan fingerprint density at radius 2 is 1.91 bits per heavy atom. The quantitative estimate of drug-likeness (QED) is 0.744. The number of carbonyl (C=O) groups is 3. The van der Waals surface area contributed by atoms with E-state index in [9.17, 15) is 14.4 Å². The minimum Gasteiger partial charge on any atom is -0.477 e. The maximum absolute atomic E-state index is 11.6. The highest BCUT2D eigenvalue weighted by molar-refractivity contribution is 5.91. The van der Waals surface area contributed by atoms with Crippen LogP contribution >= 0.6 is 0 Å². The molecule has 1 amide bonds. The van der Waals surface area contributed by atoms with E-state index < -0.39 is 29.7 Å². The lowest BCUT2D eigenvalue weighted by Crippen LogP contribution is -2.40. The van der Waals surface area contributed by atoms with Crippen molar-refractivity contribution in [3.8, 4) is 0 Å². The van der Waals surface area contributed by atoms with Crippen LogP contribution in [0.3, 0.4) is 0 Å². The van der Waals surface area contributed by atoms with Crippen molar-refractivity contribution in [2.75, 3.05) is 0 Å². The van der Waals surface area contributed by atoms with Crippen LogP contribution in [0.4, 0.5) is 4.79 Å². The van der Waals surface area contributed by atoms with Crippen LogP contribution in [-0.4, -0.2) is 49.7 Å². The predicted octanol–water partition coefficient (Wildman–Crippen LogP) is 1.19. The molecule has 22 heavy (non-hydrogen) atoms. The molecule has 0 saturated heterocycles. The molecule has 1 aromatic rings. The van der Waals surface area contributed by atoms with E-state index in [1.807, 2.05) is 0 Å². The zero-order chi connectivity index (χ0) is 17.1. The fraction of sp³-hybridized carbons (Fsp3) is 0.538. The molecule has 0 aliphatic heterocycles. The van der Waals surface area contributed by atoms with E-state index in [1.165, 1.54) is 0 Å². The van der Waals surface area contributed by atoms with E-state index in [2.05, 4.69) is 10.4 Å². The maximum Gasteiger partial charge on any atom is 0.407 e. The van der Waals surface area contributed by atoms with Gasteiger partial charge in [-0.2, -0.15) is 5.10 Å². The zero-order valence-corrected chi connectivity index (χ0v) is 12.8. The van der Waals surface area contributed by atoms with Gasteiger partial charge in [0.25, 0.3) is 0 Å². The first kappa shape index (κ1) is 17.5. The summed E-state index contributed by atoms with van der Waals surface area (Å²) in [6.45, 7) is 6.76. The number of aromatic carboxylic acids is 2. The molecule has 0 spiro atoms. The Bertz CT molecular complexity index is 587. The number of alkyl carbamates (subject to hydrolysis) is 1. The molecule has 1 atom stereocenters. The molecule has 3 N–H and O–H groups in total. The highest BCUT2D eigenvalue weighted by Gasteiger charge is 2.21. The van der Waals surface area contributed by atoms with Crippen LogP contribution < -0.4 is 5.32 Å². The number of carboxylic acids is 2. The molecule has 1 rings (SSSR count). The smallest absolute Gasteiger partial charge is 0.407 e. The first-order valence-electron chi connectivity index (χ1n) is 6.53. The molecule has 1 unspecified atom stereocenters. The lowest BCUT2D eigenvalue weighted by molar-refractivity contribution is 0.0502. The topological polar surface area (TPSA) is 131 Å². The number of carboxylic acid groups (broad SMARTS) is 2. The van der Waals surface area contributed by atoms with Gasteiger partial charge < -0.3 is 20.3 Å². The molecule has 0 aliphatic carbocycles. The van der Waals surface area contributed by atoms with Gasteiger partial charge in [0.15, 0.2) is 5.69 Å². The largest absolute Gasteiger partial charge is 0.477 e. The van der Waals surface area contributed by atoms with Gasteiger partial charge in [0.1, 0.15) is 11.3 Å². The highest BCUT2D eigenvalue weighted by Crippen LogP contribution is 2.08. The van der Waals surface area contributed by atoms with Crippen molar-refractivity contribution in [3.05, 3.63) is 17.5 Å². The maximum atomic E-state index is 11.6. The number of hydrogen-bond donors (Lipinski definition) is 3. The van der Waals surface area contributed by atoms with E-state index in [4.69, 9.17) is 14.9 Å². The zero-order valence-electron chi connectivity index (χ0n) is 12.8. The van der Waals surface area contributed by atoms with E-state index in [0.717, 1.165) is 10.7 Å². The first-order chi connectivity index (χ1) is 9.99. The molecule has 1 heterocycles. The van der Waals surface area contributed by atoms with Crippen LogP contribution in [0.5, 0.6) is 0 Å². The van der Waals surface area contributed by atoms with Crippen molar-refractivity contribution in [1.29, 1.82) is 0 Å². The Morgan fingerprint density at radius 1 is 1.32 bits per heavy atom. The van der Waals surface area contributed by atoms with Crippen molar-refractivity contribution in [1.82, 2.24) is 15.1 Å². The summed E-state index contributed by atoms with van der Waals surface area (Å²) in [6, 6.07) is 0.458. The van der Waals surface area contributed by atoms with Crippen molar-refractivity contribution in [3.63, 3.8) is 0 Å². The van der Waals surface area contributed by atoms with Crippen LogP contribution in [0.15, 0.2) is 6.07 Å². The first-order valence-corrected chi connectivity index (χ1v) is 6.53. The molecule has 9 heteroatoms. The Morgan fingerprint density at radius 3 is 2.36 bits per heavy atom. The molecular formula is C13H19N3O6. The summed E-state index contributed by atoms with van der Waals surface area (Å²) in [7, 11) is 0. The second kappa shape index (κ2) is 6.46. The van der Waals surface area contributed by atoms with Gasteiger partial charge in [0.2, 0.25) is 0 Å². The third kappa shape index (κ3) is 5.08. The minimum absolute atomic E-state index is 0.00580. The second-order valence-electron chi connectivity index (χ2n) is 5.75. The van der Waals surface area contributed by atoms with E-state index in [0.29, 0.717) is 0 Å². The Hall–Kier alpha value is -2.58. The lowest BCUT2D eigenvalue weighted by Gasteiger charge is -2.22. The van der Waals surface area contributed by atoms with Crippen LogP contribution in [0.1, 0.15) is 48.7 Å². The van der Waals surface area contributed by atoms with Crippen molar-refractivity contribution < 1.29 is 29.3 Å². The molecule has 0 aliphatic rings. The molecule has 122 valence electrons. The van der Waals surface area contributed by atoms with Gasteiger partial charge in [0, 0.05) is 12.1 Å². The van der Waals surface area contributed by atoms with Gasteiger partial charge in [-0.15, -0.1) is 0 Å². The van der Waals surface area contributed by atoms with Gasteiger partial charge in [0.05, 0.1) is 6.54 Å². The Kier molecular flexibility index (Phi) is 5.13. The number of nitrogens with one attached hydrogen (secondary N) is 1. The third-order valence-electron chi connectivity index (χ3n) is 2.43. The summed E-state index contributed by atoms with van der Waals surface area (Å²) in [5.74, 6) is -2.63. The summed E-state index contributed by atoms with van der Waals surface area (Å²) >= 11 is 0. The molecule has 0 bridgehead atoms. The fourth-order valence-electron chi connectivity index (χ4n) is 1.65. The van der Waals surface area contributed by atoms with Gasteiger partial charge in [-0.1, -0.05) is 0 Å². The van der Waals surface area contributed by atoms with Gasteiger partial charge in [-0.3, -0.25) is 4.68 Å². The summed E-state index contributed by atoms with van der Waals surface area (Å²) in [6.07, 6.45) is -0.650. The van der Waals surface area contributed by atoms with E-state index >= 15 is 0 Å². The summed E-state index contributed by atoms with van der Waals surface area (Å²) in [5, 5.41) is 24.1.